The topological polar surface area (TPSA) is 54.6 Å². The van der Waals surface area contributed by atoms with Crippen LogP contribution in [0.15, 0.2) is 52.2 Å². The van der Waals surface area contributed by atoms with Crippen LogP contribution >= 0.6 is 0 Å². The highest BCUT2D eigenvalue weighted by Crippen LogP contribution is 2.03. The molecule has 1 N–H and O–H groups in total. The second-order valence-corrected chi connectivity index (χ2v) is 3.77. The summed E-state index contributed by atoms with van der Waals surface area (Å²) in [5.74, 6) is -0.116. The van der Waals surface area contributed by atoms with Crippen molar-refractivity contribution in [2.24, 2.45) is 5.10 Å². The first kappa shape index (κ1) is 12.1. The van der Waals surface area contributed by atoms with Gasteiger partial charge >= 0.3 is 5.91 Å². The Balaban J connectivity index is 1.93. The molecule has 0 saturated heterocycles. The van der Waals surface area contributed by atoms with Crippen LogP contribution in [0.3, 0.4) is 0 Å². The van der Waals surface area contributed by atoms with Crippen molar-refractivity contribution in [3.63, 3.8) is 0 Å². The maximum atomic E-state index is 11.5. The van der Waals surface area contributed by atoms with Crippen LogP contribution in [0.25, 0.3) is 0 Å². The lowest BCUT2D eigenvalue weighted by Crippen LogP contribution is -2.16. The smallest absolute Gasteiger partial charge is 0.307 e. The van der Waals surface area contributed by atoms with Gasteiger partial charge < -0.3 is 4.42 Å². The van der Waals surface area contributed by atoms with Crippen molar-refractivity contribution in [1.82, 2.24) is 5.43 Å². The molecule has 0 aliphatic carbocycles. The van der Waals surface area contributed by atoms with Gasteiger partial charge in [0, 0.05) is 0 Å². The summed E-state index contributed by atoms with van der Waals surface area (Å²) in [4.78, 5) is 11.5. The molecule has 1 amide bonds. The van der Waals surface area contributed by atoms with Gasteiger partial charge in [0.15, 0.2) is 5.76 Å². The second kappa shape index (κ2) is 5.82. The fourth-order valence-electron chi connectivity index (χ4n) is 1.47. The number of hydrogen-bond donors (Lipinski definition) is 1. The predicted molar refractivity (Wildman–Crippen MR) is 69.6 cm³/mol. The van der Waals surface area contributed by atoms with Crippen molar-refractivity contribution >= 4 is 12.1 Å². The highest BCUT2D eigenvalue weighted by atomic mass is 16.3. The summed E-state index contributed by atoms with van der Waals surface area (Å²) in [6.45, 7) is 2.10. The summed E-state index contributed by atoms with van der Waals surface area (Å²) in [6, 6.07) is 11.2. The molecule has 92 valence electrons. The van der Waals surface area contributed by atoms with Crippen LogP contribution in [0.2, 0.25) is 0 Å². The number of furan rings is 1. The molecule has 0 atom stereocenters. The van der Waals surface area contributed by atoms with Gasteiger partial charge in [0.2, 0.25) is 0 Å². The van der Waals surface area contributed by atoms with Crippen LogP contribution in [-0.2, 0) is 6.42 Å². The number of carbonyl (C=O) groups excluding carboxylic acids is 1. The SMILES string of the molecule is CCc1ccc(/C=N\NC(=O)c2ccco2)cc1. The maximum Gasteiger partial charge on any atom is 0.307 e. The number of amides is 1. The van der Waals surface area contributed by atoms with Crippen molar-refractivity contribution in [3.8, 4) is 0 Å². The first-order valence-corrected chi connectivity index (χ1v) is 5.75. The minimum absolute atomic E-state index is 0.244. The zero-order valence-corrected chi connectivity index (χ0v) is 10.1. The highest BCUT2D eigenvalue weighted by Gasteiger charge is 2.05. The lowest BCUT2D eigenvalue weighted by Gasteiger charge is -1.97. The van der Waals surface area contributed by atoms with Crippen molar-refractivity contribution in [2.75, 3.05) is 0 Å². The van der Waals surface area contributed by atoms with Gasteiger partial charge in [-0.05, 0) is 29.7 Å². The van der Waals surface area contributed by atoms with Gasteiger partial charge in [0.25, 0.3) is 0 Å². The number of nitrogens with zero attached hydrogens (tertiary/aromatic N) is 1. The van der Waals surface area contributed by atoms with E-state index in [0.29, 0.717) is 0 Å². The Bertz CT molecular complexity index is 527. The van der Waals surface area contributed by atoms with E-state index in [0.717, 1.165) is 12.0 Å². The van der Waals surface area contributed by atoms with Gasteiger partial charge in [-0.25, -0.2) is 5.43 Å². The van der Waals surface area contributed by atoms with E-state index < -0.39 is 0 Å². The maximum absolute atomic E-state index is 11.5. The molecule has 2 rings (SSSR count). The Labute approximate surface area is 105 Å². The van der Waals surface area contributed by atoms with E-state index in [4.69, 9.17) is 4.42 Å². The van der Waals surface area contributed by atoms with Crippen LogP contribution in [0, 0.1) is 0 Å². The standard InChI is InChI=1S/C14H14N2O2/c1-2-11-5-7-12(8-6-11)10-15-16-14(17)13-4-3-9-18-13/h3-10H,2H2,1H3,(H,16,17)/b15-10-. The third kappa shape index (κ3) is 3.07. The van der Waals surface area contributed by atoms with E-state index in [2.05, 4.69) is 17.5 Å². The van der Waals surface area contributed by atoms with E-state index >= 15 is 0 Å². The molecule has 0 unspecified atom stereocenters. The number of carbonyl (C=O) groups is 1. The molecule has 4 heteroatoms. The number of rotatable bonds is 4. The largest absolute Gasteiger partial charge is 0.459 e. The van der Waals surface area contributed by atoms with E-state index in [1.807, 2.05) is 24.3 Å². The first-order chi connectivity index (χ1) is 8.79. The summed E-state index contributed by atoms with van der Waals surface area (Å²) in [5, 5.41) is 3.87. The quantitative estimate of drug-likeness (QED) is 0.661. The summed E-state index contributed by atoms with van der Waals surface area (Å²) in [5.41, 5.74) is 4.61. The molecule has 0 saturated carbocycles. The number of benzene rings is 1. The van der Waals surface area contributed by atoms with Crippen LogP contribution < -0.4 is 5.43 Å². The third-order valence-corrected chi connectivity index (χ3v) is 2.51. The Morgan fingerprint density at radius 3 is 2.72 bits per heavy atom. The molecule has 0 radical (unpaired) electrons. The van der Waals surface area contributed by atoms with Gasteiger partial charge in [0.1, 0.15) is 0 Å². The number of hydrazone groups is 1. The fourth-order valence-corrected chi connectivity index (χ4v) is 1.47. The molecular weight excluding hydrogens is 228 g/mol. The molecule has 0 spiro atoms. The van der Waals surface area contributed by atoms with Crippen LogP contribution in [-0.4, -0.2) is 12.1 Å². The van der Waals surface area contributed by atoms with E-state index in [-0.39, 0.29) is 11.7 Å². The number of hydrogen-bond acceptors (Lipinski definition) is 3. The Kier molecular flexibility index (Phi) is 3.91. The summed E-state index contributed by atoms with van der Waals surface area (Å²) in [7, 11) is 0. The highest BCUT2D eigenvalue weighted by molar-refractivity contribution is 5.92. The molecule has 0 aliphatic rings. The Morgan fingerprint density at radius 1 is 1.33 bits per heavy atom. The number of nitrogens with one attached hydrogen (secondary N) is 1. The zero-order chi connectivity index (χ0) is 12.8. The van der Waals surface area contributed by atoms with Crippen LogP contribution in [0.1, 0.15) is 28.6 Å². The van der Waals surface area contributed by atoms with Crippen molar-refractivity contribution < 1.29 is 9.21 Å². The van der Waals surface area contributed by atoms with Gasteiger partial charge in [-0.1, -0.05) is 31.2 Å². The summed E-state index contributed by atoms with van der Waals surface area (Å²) < 4.78 is 4.94. The summed E-state index contributed by atoms with van der Waals surface area (Å²) in [6.07, 6.45) is 4.05. The second-order valence-electron chi connectivity index (χ2n) is 3.77. The first-order valence-electron chi connectivity index (χ1n) is 5.75. The fraction of sp³-hybridized carbons (Fsp3) is 0.143. The van der Waals surface area contributed by atoms with Crippen LogP contribution in [0.4, 0.5) is 0 Å². The number of aryl methyl sites for hydroxylation is 1. The molecule has 0 bridgehead atoms. The molecule has 4 nitrogen and oxygen atoms in total. The molecule has 0 aliphatic heterocycles. The Morgan fingerprint density at radius 2 is 2.11 bits per heavy atom. The predicted octanol–water partition coefficient (Wildman–Crippen LogP) is 2.61. The minimum atomic E-state index is -0.360. The molecular formula is C14H14N2O2. The molecule has 0 fully saturated rings. The third-order valence-electron chi connectivity index (χ3n) is 2.51. The lowest BCUT2D eigenvalue weighted by molar-refractivity contribution is 0.0927. The van der Waals surface area contributed by atoms with E-state index in [1.54, 1.807) is 18.3 Å². The van der Waals surface area contributed by atoms with Gasteiger partial charge in [-0.15, -0.1) is 0 Å². The Hall–Kier alpha value is -2.36. The van der Waals surface area contributed by atoms with Gasteiger partial charge in [0.05, 0.1) is 12.5 Å². The van der Waals surface area contributed by atoms with Crippen molar-refractivity contribution in [1.29, 1.82) is 0 Å². The van der Waals surface area contributed by atoms with E-state index in [1.165, 1.54) is 11.8 Å². The summed E-state index contributed by atoms with van der Waals surface area (Å²) >= 11 is 0. The molecule has 18 heavy (non-hydrogen) atoms. The normalized spacial score (nSPS) is 10.7. The molecule has 1 heterocycles. The minimum Gasteiger partial charge on any atom is -0.459 e. The molecule has 1 aromatic carbocycles. The zero-order valence-electron chi connectivity index (χ0n) is 10.1. The van der Waals surface area contributed by atoms with Crippen molar-refractivity contribution in [3.05, 3.63) is 59.5 Å². The van der Waals surface area contributed by atoms with Gasteiger partial charge in [-0.2, -0.15) is 5.10 Å². The average Bonchev–Trinajstić information content (AvgIpc) is 2.93. The van der Waals surface area contributed by atoms with E-state index in [9.17, 15) is 4.79 Å². The molecule has 2 aromatic rings. The lowest BCUT2D eigenvalue weighted by atomic mass is 10.1. The average molecular weight is 242 g/mol. The monoisotopic (exact) mass is 242 g/mol. The van der Waals surface area contributed by atoms with Gasteiger partial charge in [-0.3, -0.25) is 4.79 Å². The van der Waals surface area contributed by atoms with Crippen molar-refractivity contribution in [2.45, 2.75) is 13.3 Å². The van der Waals surface area contributed by atoms with Crippen LogP contribution in [0.5, 0.6) is 0 Å². The molecule has 1 aromatic heterocycles.